The van der Waals surface area contributed by atoms with Crippen molar-refractivity contribution in [2.75, 3.05) is 12.4 Å². The molecule has 0 aliphatic carbocycles. The molecule has 1 N–H and O–H groups in total. The van der Waals surface area contributed by atoms with E-state index in [9.17, 15) is 9.59 Å². The van der Waals surface area contributed by atoms with Crippen LogP contribution < -0.4 is 5.32 Å². The van der Waals surface area contributed by atoms with Crippen LogP contribution in [0.25, 0.3) is 0 Å². The van der Waals surface area contributed by atoms with E-state index < -0.39 is 5.91 Å². The highest BCUT2D eigenvalue weighted by Gasteiger charge is 2.25. The number of carbonyl (C=O) groups excluding carboxylic acids is 2. The Kier molecular flexibility index (Phi) is 5.25. The lowest BCUT2D eigenvalue weighted by molar-refractivity contribution is -0.131. The standard InChI is InChI=1S/C18H16Cl2N4O2/c1-10-9-15(25)24(2)23-16(10)11-3-5-12(6-4-11)21-18(26)17-13(19)7-8-14(20)22-17/h3-8,10H,9H2,1-2H3,(H,21,26). The molecule has 2 aromatic rings. The van der Waals surface area contributed by atoms with E-state index >= 15 is 0 Å². The predicted molar refractivity (Wildman–Crippen MR) is 102 cm³/mol. The molecular formula is C18H16Cl2N4O2. The van der Waals surface area contributed by atoms with Crippen molar-refractivity contribution in [2.45, 2.75) is 13.3 Å². The van der Waals surface area contributed by atoms with Crippen LogP contribution in [0.1, 0.15) is 29.4 Å². The molecule has 0 saturated carbocycles. The smallest absolute Gasteiger partial charge is 0.275 e. The van der Waals surface area contributed by atoms with Crippen molar-refractivity contribution in [2.24, 2.45) is 11.0 Å². The first kappa shape index (κ1) is 18.4. The van der Waals surface area contributed by atoms with Crippen LogP contribution in [0.4, 0.5) is 5.69 Å². The summed E-state index contributed by atoms with van der Waals surface area (Å²) in [6.45, 7) is 1.96. The Morgan fingerprint density at radius 3 is 2.58 bits per heavy atom. The number of amides is 2. The van der Waals surface area contributed by atoms with Gasteiger partial charge in [-0.1, -0.05) is 42.3 Å². The molecule has 3 rings (SSSR count). The lowest BCUT2D eigenvalue weighted by Gasteiger charge is -2.24. The van der Waals surface area contributed by atoms with Crippen molar-refractivity contribution >= 4 is 46.4 Å². The van der Waals surface area contributed by atoms with Crippen LogP contribution in [0.3, 0.4) is 0 Å². The van der Waals surface area contributed by atoms with E-state index in [0.29, 0.717) is 12.1 Å². The van der Waals surface area contributed by atoms with Gasteiger partial charge in [0.15, 0.2) is 0 Å². The van der Waals surface area contributed by atoms with Crippen LogP contribution in [0, 0.1) is 5.92 Å². The van der Waals surface area contributed by atoms with Crippen molar-refractivity contribution in [1.29, 1.82) is 0 Å². The fraction of sp³-hybridized carbons (Fsp3) is 0.222. The Hall–Kier alpha value is -2.44. The second-order valence-electron chi connectivity index (χ2n) is 6.00. The summed E-state index contributed by atoms with van der Waals surface area (Å²) in [5.41, 5.74) is 2.39. The summed E-state index contributed by atoms with van der Waals surface area (Å²) in [6, 6.07) is 10.3. The van der Waals surface area contributed by atoms with E-state index in [0.717, 1.165) is 11.3 Å². The average Bonchev–Trinajstić information content (AvgIpc) is 2.61. The number of hydrogen-bond donors (Lipinski definition) is 1. The van der Waals surface area contributed by atoms with Crippen molar-refractivity contribution in [3.8, 4) is 0 Å². The third kappa shape index (κ3) is 3.86. The molecule has 1 unspecified atom stereocenters. The number of carbonyl (C=O) groups is 2. The van der Waals surface area contributed by atoms with E-state index in [4.69, 9.17) is 23.2 Å². The van der Waals surface area contributed by atoms with Gasteiger partial charge in [0.05, 0.1) is 10.7 Å². The molecule has 0 spiro atoms. The van der Waals surface area contributed by atoms with Crippen LogP contribution in [0.2, 0.25) is 10.2 Å². The molecular weight excluding hydrogens is 375 g/mol. The first-order valence-electron chi connectivity index (χ1n) is 7.94. The highest BCUT2D eigenvalue weighted by Crippen LogP contribution is 2.22. The van der Waals surface area contributed by atoms with Crippen LogP contribution in [0.5, 0.6) is 0 Å². The van der Waals surface area contributed by atoms with E-state index in [1.165, 1.54) is 17.1 Å². The zero-order valence-electron chi connectivity index (χ0n) is 14.2. The molecule has 1 atom stereocenters. The summed E-state index contributed by atoms with van der Waals surface area (Å²) in [5, 5.41) is 8.85. The molecule has 8 heteroatoms. The SMILES string of the molecule is CC1CC(=O)N(C)N=C1c1ccc(NC(=O)c2nc(Cl)ccc2Cl)cc1. The van der Waals surface area contributed by atoms with Crippen molar-refractivity contribution in [3.05, 3.63) is 57.8 Å². The maximum atomic E-state index is 12.3. The van der Waals surface area contributed by atoms with Gasteiger partial charge in [-0.05, 0) is 29.8 Å². The fourth-order valence-corrected chi connectivity index (χ4v) is 2.98. The van der Waals surface area contributed by atoms with Gasteiger partial charge in [0, 0.05) is 25.1 Å². The zero-order chi connectivity index (χ0) is 18.8. The molecule has 0 radical (unpaired) electrons. The number of rotatable bonds is 3. The first-order chi connectivity index (χ1) is 12.3. The molecule has 6 nitrogen and oxygen atoms in total. The topological polar surface area (TPSA) is 74.7 Å². The van der Waals surface area contributed by atoms with Crippen molar-refractivity contribution < 1.29 is 9.59 Å². The van der Waals surface area contributed by atoms with Gasteiger partial charge in [-0.25, -0.2) is 9.99 Å². The minimum Gasteiger partial charge on any atom is -0.321 e. The number of aromatic nitrogens is 1. The summed E-state index contributed by atoms with van der Waals surface area (Å²) >= 11 is 11.8. The zero-order valence-corrected chi connectivity index (χ0v) is 15.7. The lowest BCUT2D eigenvalue weighted by Crippen LogP contribution is -2.33. The average molecular weight is 391 g/mol. The molecule has 134 valence electrons. The Morgan fingerprint density at radius 2 is 1.88 bits per heavy atom. The van der Waals surface area contributed by atoms with E-state index in [1.54, 1.807) is 19.2 Å². The number of nitrogens with one attached hydrogen (secondary N) is 1. The van der Waals surface area contributed by atoms with Gasteiger partial charge in [0.25, 0.3) is 5.91 Å². The summed E-state index contributed by atoms with van der Waals surface area (Å²) in [5.74, 6) is -0.413. The van der Waals surface area contributed by atoms with Gasteiger partial charge in [0.2, 0.25) is 5.91 Å². The van der Waals surface area contributed by atoms with Gasteiger partial charge in [-0.3, -0.25) is 9.59 Å². The number of halogens is 2. The molecule has 1 aliphatic heterocycles. The number of anilines is 1. The highest BCUT2D eigenvalue weighted by molar-refractivity contribution is 6.35. The van der Waals surface area contributed by atoms with Crippen LogP contribution >= 0.6 is 23.2 Å². The Bertz CT molecular complexity index is 897. The summed E-state index contributed by atoms with van der Waals surface area (Å²) < 4.78 is 0. The molecule has 26 heavy (non-hydrogen) atoms. The number of benzene rings is 1. The van der Waals surface area contributed by atoms with Gasteiger partial charge in [0.1, 0.15) is 10.8 Å². The largest absolute Gasteiger partial charge is 0.321 e. The number of hydrogen-bond acceptors (Lipinski definition) is 4. The summed E-state index contributed by atoms with van der Waals surface area (Å²) in [6.07, 6.45) is 0.423. The second kappa shape index (κ2) is 7.43. The highest BCUT2D eigenvalue weighted by atomic mass is 35.5. The van der Waals surface area contributed by atoms with Crippen LogP contribution in [-0.2, 0) is 4.79 Å². The molecule has 0 saturated heterocycles. The van der Waals surface area contributed by atoms with Gasteiger partial charge in [-0.15, -0.1) is 0 Å². The van der Waals surface area contributed by atoms with Gasteiger partial charge >= 0.3 is 0 Å². The maximum Gasteiger partial charge on any atom is 0.275 e. The summed E-state index contributed by atoms with van der Waals surface area (Å²) in [4.78, 5) is 28.0. The third-order valence-corrected chi connectivity index (χ3v) is 4.55. The van der Waals surface area contributed by atoms with Crippen molar-refractivity contribution in [3.63, 3.8) is 0 Å². The predicted octanol–water partition coefficient (Wildman–Crippen LogP) is 3.84. The number of pyridine rings is 1. The third-order valence-electron chi connectivity index (χ3n) is 4.03. The van der Waals surface area contributed by atoms with E-state index in [1.807, 2.05) is 19.1 Å². The molecule has 1 aliphatic rings. The normalized spacial score (nSPS) is 17.1. The second-order valence-corrected chi connectivity index (χ2v) is 6.80. The molecule has 0 fully saturated rings. The first-order valence-corrected chi connectivity index (χ1v) is 8.69. The molecule has 1 aromatic heterocycles. The molecule has 2 amide bonds. The molecule has 1 aromatic carbocycles. The lowest BCUT2D eigenvalue weighted by atomic mass is 9.94. The quantitative estimate of drug-likeness (QED) is 0.808. The van der Waals surface area contributed by atoms with Crippen LogP contribution in [-0.4, -0.2) is 34.6 Å². The van der Waals surface area contributed by atoms with E-state index in [-0.39, 0.29) is 27.7 Å². The Morgan fingerprint density at radius 1 is 1.19 bits per heavy atom. The molecule has 2 heterocycles. The maximum absolute atomic E-state index is 12.3. The van der Waals surface area contributed by atoms with Crippen molar-refractivity contribution in [1.82, 2.24) is 9.99 Å². The van der Waals surface area contributed by atoms with Gasteiger partial charge in [-0.2, -0.15) is 5.10 Å². The summed E-state index contributed by atoms with van der Waals surface area (Å²) in [7, 11) is 1.64. The van der Waals surface area contributed by atoms with Crippen LogP contribution in [0.15, 0.2) is 41.5 Å². The minimum absolute atomic E-state index is 0.00367. The number of hydrazone groups is 1. The van der Waals surface area contributed by atoms with Gasteiger partial charge < -0.3 is 5.32 Å². The monoisotopic (exact) mass is 390 g/mol. The van der Waals surface area contributed by atoms with E-state index in [2.05, 4.69) is 15.4 Å². The Balaban J connectivity index is 1.78. The fourth-order valence-electron chi connectivity index (χ4n) is 2.64. The Labute approximate surface area is 160 Å². The number of nitrogens with zero attached hydrogens (tertiary/aromatic N) is 3. The molecule has 0 bridgehead atoms. The minimum atomic E-state index is -0.445.